The predicted octanol–water partition coefficient (Wildman–Crippen LogP) is 1.36. The van der Waals surface area contributed by atoms with Crippen molar-refractivity contribution in [2.45, 2.75) is 12.7 Å². The van der Waals surface area contributed by atoms with Crippen molar-refractivity contribution in [3.05, 3.63) is 16.6 Å². The minimum absolute atomic E-state index is 0.575. The molecule has 0 unspecified atom stereocenters. The summed E-state index contributed by atoms with van der Waals surface area (Å²) >= 11 is 1.56. The van der Waals surface area contributed by atoms with E-state index in [1.807, 2.05) is 12.3 Å². The summed E-state index contributed by atoms with van der Waals surface area (Å²) in [4.78, 5) is 4.14. The first-order chi connectivity index (χ1) is 5.31. The Labute approximate surface area is 69.0 Å². The van der Waals surface area contributed by atoms with Crippen molar-refractivity contribution in [1.82, 2.24) is 4.98 Å². The second-order valence-electron chi connectivity index (χ2n) is 2.48. The maximum absolute atomic E-state index is 5.41. The lowest BCUT2D eigenvalue weighted by atomic mass is 10.3. The smallest absolute Gasteiger partial charge is 0.219 e. The third kappa shape index (κ3) is 1.17. The first kappa shape index (κ1) is 7.21. The molecule has 0 atom stereocenters. The SMILES string of the molecule is CC1(c2nccs2)OCCO1. The third-order valence-corrected chi connectivity index (χ3v) is 2.62. The number of nitrogens with zero attached hydrogens (tertiary/aromatic N) is 1. The Kier molecular flexibility index (Phi) is 1.67. The Bertz CT molecular complexity index is 229. The zero-order valence-electron chi connectivity index (χ0n) is 6.24. The molecule has 2 rings (SSSR count). The highest BCUT2D eigenvalue weighted by molar-refractivity contribution is 7.09. The number of hydrogen-bond donors (Lipinski definition) is 0. The second kappa shape index (κ2) is 2.55. The van der Waals surface area contributed by atoms with Crippen molar-refractivity contribution in [3.63, 3.8) is 0 Å². The van der Waals surface area contributed by atoms with Crippen LogP contribution in [0.5, 0.6) is 0 Å². The molecular formula is C7H9NO2S. The van der Waals surface area contributed by atoms with Gasteiger partial charge in [-0.1, -0.05) is 0 Å². The largest absolute Gasteiger partial charge is 0.342 e. The van der Waals surface area contributed by atoms with Crippen LogP contribution in [0.2, 0.25) is 0 Å². The molecule has 1 saturated heterocycles. The van der Waals surface area contributed by atoms with E-state index < -0.39 is 5.79 Å². The summed E-state index contributed by atoms with van der Waals surface area (Å²) < 4.78 is 10.8. The fourth-order valence-electron chi connectivity index (χ4n) is 1.09. The van der Waals surface area contributed by atoms with Gasteiger partial charge in [-0.15, -0.1) is 11.3 Å². The van der Waals surface area contributed by atoms with E-state index in [1.165, 1.54) is 0 Å². The zero-order chi connectivity index (χ0) is 7.73. The monoisotopic (exact) mass is 171 g/mol. The van der Waals surface area contributed by atoms with Crippen molar-refractivity contribution in [3.8, 4) is 0 Å². The number of thiazole rings is 1. The minimum atomic E-state index is -0.575. The molecule has 1 aliphatic rings. The van der Waals surface area contributed by atoms with Crippen LogP contribution in [0.15, 0.2) is 11.6 Å². The zero-order valence-corrected chi connectivity index (χ0v) is 7.06. The molecule has 0 aromatic carbocycles. The van der Waals surface area contributed by atoms with E-state index in [2.05, 4.69) is 4.98 Å². The standard InChI is InChI=1S/C7H9NO2S/c1-7(9-3-4-10-7)6-8-2-5-11-6/h2,5H,3-4H2,1H3. The van der Waals surface area contributed by atoms with Gasteiger partial charge in [0.1, 0.15) is 0 Å². The van der Waals surface area contributed by atoms with Gasteiger partial charge in [-0.25, -0.2) is 4.98 Å². The van der Waals surface area contributed by atoms with Crippen LogP contribution in [0.1, 0.15) is 11.9 Å². The molecule has 0 amide bonds. The van der Waals surface area contributed by atoms with E-state index >= 15 is 0 Å². The molecule has 4 heteroatoms. The van der Waals surface area contributed by atoms with Crippen molar-refractivity contribution in [1.29, 1.82) is 0 Å². The van der Waals surface area contributed by atoms with Crippen LogP contribution in [0.4, 0.5) is 0 Å². The normalized spacial score (nSPS) is 22.3. The number of rotatable bonds is 1. The van der Waals surface area contributed by atoms with E-state index in [0.717, 1.165) is 5.01 Å². The number of hydrogen-bond acceptors (Lipinski definition) is 4. The molecule has 0 spiro atoms. The average molecular weight is 171 g/mol. The third-order valence-electron chi connectivity index (χ3n) is 1.66. The highest BCUT2D eigenvalue weighted by Crippen LogP contribution is 2.31. The van der Waals surface area contributed by atoms with E-state index in [-0.39, 0.29) is 0 Å². The van der Waals surface area contributed by atoms with Gasteiger partial charge in [0.15, 0.2) is 5.01 Å². The van der Waals surface area contributed by atoms with Crippen LogP contribution >= 0.6 is 11.3 Å². The fraction of sp³-hybridized carbons (Fsp3) is 0.571. The molecule has 3 nitrogen and oxygen atoms in total. The van der Waals surface area contributed by atoms with Crippen LogP contribution in [-0.4, -0.2) is 18.2 Å². The van der Waals surface area contributed by atoms with Crippen molar-refractivity contribution in [2.24, 2.45) is 0 Å². The van der Waals surface area contributed by atoms with Crippen molar-refractivity contribution in [2.75, 3.05) is 13.2 Å². The van der Waals surface area contributed by atoms with Gasteiger partial charge in [-0.2, -0.15) is 0 Å². The topological polar surface area (TPSA) is 31.4 Å². The Morgan fingerprint density at radius 3 is 2.82 bits per heavy atom. The van der Waals surface area contributed by atoms with E-state index in [1.54, 1.807) is 17.5 Å². The molecule has 1 aromatic heterocycles. The summed E-state index contributed by atoms with van der Waals surface area (Å²) in [5, 5.41) is 2.82. The highest BCUT2D eigenvalue weighted by atomic mass is 32.1. The van der Waals surface area contributed by atoms with Gasteiger partial charge in [-0.05, 0) is 6.92 Å². The Morgan fingerprint density at radius 1 is 1.55 bits per heavy atom. The number of ether oxygens (including phenoxy) is 2. The maximum atomic E-state index is 5.41. The quantitative estimate of drug-likeness (QED) is 0.639. The van der Waals surface area contributed by atoms with Crippen LogP contribution < -0.4 is 0 Å². The molecule has 0 N–H and O–H groups in total. The van der Waals surface area contributed by atoms with Crippen LogP contribution in [0, 0.1) is 0 Å². The van der Waals surface area contributed by atoms with E-state index in [0.29, 0.717) is 13.2 Å². The van der Waals surface area contributed by atoms with Crippen LogP contribution in [0.3, 0.4) is 0 Å². The fourth-order valence-corrected chi connectivity index (χ4v) is 1.79. The van der Waals surface area contributed by atoms with Gasteiger partial charge >= 0.3 is 0 Å². The number of aromatic nitrogens is 1. The van der Waals surface area contributed by atoms with Gasteiger partial charge in [0.25, 0.3) is 0 Å². The molecule has 0 aliphatic carbocycles. The molecule has 2 heterocycles. The maximum Gasteiger partial charge on any atom is 0.219 e. The molecule has 0 saturated carbocycles. The lowest BCUT2D eigenvalue weighted by molar-refractivity contribution is -0.149. The minimum Gasteiger partial charge on any atom is -0.342 e. The molecular weight excluding hydrogens is 162 g/mol. The lowest BCUT2D eigenvalue weighted by Gasteiger charge is -2.18. The summed E-state index contributed by atoms with van der Waals surface area (Å²) in [5.41, 5.74) is 0. The molecule has 1 aliphatic heterocycles. The van der Waals surface area contributed by atoms with Gasteiger partial charge in [0.2, 0.25) is 5.79 Å². The van der Waals surface area contributed by atoms with Crippen LogP contribution in [-0.2, 0) is 15.3 Å². The Balaban J connectivity index is 2.27. The molecule has 0 radical (unpaired) electrons. The molecule has 60 valence electrons. The van der Waals surface area contributed by atoms with Gasteiger partial charge in [-0.3, -0.25) is 0 Å². The molecule has 11 heavy (non-hydrogen) atoms. The summed E-state index contributed by atoms with van der Waals surface area (Å²) in [6.07, 6.45) is 1.76. The van der Waals surface area contributed by atoms with Gasteiger partial charge < -0.3 is 9.47 Å². The summed E-state index contributed by atoms with van der Waals surface area (Å²) in [6.45, 7) is 3.23. The average Bonchev–Trinajstić information content (AvgIpc) is 2.55. The van der Waals surface area contributed by atoms with Crippen molar-refractivity contribution >= 4 is 11.3 Å². The summed E-state index contributed by atoms with van der Waals surface area (Å²) in [7, 11) is 0. The second-order valence-corrected chi connectivity index (χ2v) is 3.37. The van der Waals surface area contributed by atoms with Gasteiger partial charge in [0.05, 0.1) is 13.2 Å². The van der Waals surface area contributed by atoms with E-state index in [9.17, 15) is 0 Å². The molecule has 0 bridgehead atoms. The van der Waals surface area contributed by atoms with E-state index in [4.69, 9.17) is 9.47 Å². The molecule has 1 fully saturated rings. The first-order valence-corrected chi connectivity index (χ1v) is 4.37. The first-order valence-electron chi connectivity index (χ1n) is 3.49. The molecule has 1 aromatic rings. The highest BCUT2D eigenvalue weighted by Gasteiger charge is 2.35. The lowest BCUT2D eigenvalue weighted by Crippen LogP contribution is -2.21. The predicted molar refractivity (Wildman–Crippen MR) is 41.4 cm³/mol. The summed E-state index contributed by atoms with van der Waals surface area (Å²) in [5.74, 6) is -0.575. The summed E-state index contributed by atoms with van der Waals surface area (Å²) in [6, 6.07) is 0. The van der Waals surface area contributed by atoms with Gasteiger partial charge in [0, 0.05) is 11.6 Å². The van der Waals surface area contributed by atoms with Crippen molar-refractivity contribution < 1.29 is 9.47 Å². The Morgan fingerprint density at radius 2 is 2.27 bits per heavy atom. The van der Waals surface area contributed by atoms with Crippen LogP contribution in [0.25, 0.3) is 0 Å². The Hall–Kier alpha value is -0.450.